The number of nitrogens with zero attached hydrogens (tertiary/aromatic N) is 12. The van der Waals surface area contributed by atoms with Gasteiger partial charge in [-0.15, -0.1) is 0 Å². The first-order chi connectivity index (χ1) is 36.8. The predicted molar refractivity (Wildman–Crippen MR) is 289 cm³/mol. The van der Waals surface area contributed by atoms with Crippen LogP contribution in [0.5, 0.6) is 0 Å². The number of rotatable bonds is 12. The molecular formula is C56H69N15O6. The summed E-state index contributed by atoms with van der Waals surface area (Å²) in [6, 6.07) is 11.1. The van der Waals surface area contributed by atoms with Crippen LogP contribution in [0.3, 0.4) is 0 Å². The molecule has 4 N–H and O–H groups in total. The minimum absolute atomic E-state index is 0.0359. The van der Waals surface area contributed by atoms with Crippen molar-refractivity contribution in [2.75, 3.05) is 58.5 Å². The van der Waals surface area contributed by atoms with E-state index in [0.717, 1.165) is 92.8 Å². The van der Waals surface area contributed by atoms with Gasteiger partial charge in [0.2, 0.25) is 11.9 Å². The van der Waals surface area contributed by atoms with Gasteiger partial charge in [0.25, 0.3) is 23.6 Å². The zero-order valence-corrected chi connectivity index (χ0v) is 45.0. The van der Waals surface area contributed by atoms with Crippen LogP contribution >= 0.6 is 0 Å². The van der Waals surface area contributed by atoms with E-state index in [1.165, 1.54) is 0 Å². The van der Waals surface area contributed by atoms with Crippen LogP contribution in [0.4, 0.5) is 23.5 Å². The van der Waals surface area contributed by atoms with E-state index in [9.17, 15) is 24.0 Å². The number of fused-ring (bicyclic) bond motifs is 4. The Morgan fingerprint density at radius 3 is 1.65 bits per heavy atom. The van der Waals surface area contributed by atoms with Gasteiger partial charge in [0.15, 0.2) is 0 Å². The van der Waals surface area contributed by atoms with E-state index in [2.05, 4.69) is 39.7 Å². The summed E-state index contributed by atoms with van der Waals surface area (Å²) in [4.78, 5) is 98.8. The third-order valence-corrected chi connectivity index (χ3v) is 16.1. The molecular weight excluding hydrogens is 979 g/mol. The lowest BCUT2D eigenvalue weighted by Crippen LogP contribution is -2.40. The normalized spacial score (nSPS) is 22.6. The SMILES string of the molecule is CN(C)C(=O)c1cc2cnc(Nc3ccc(C(=O)N4CC5CC5(N)C4)cn3)nc2n1C1CCCC1.CN(C)C(=O)c1cc2cnc(Nc3ccc(C(=O)N4CC5CC5C4CC(=O)OC(C)(C)C)cn3)nc2n1C1CCCC1. The number of carbonyl (C=O) groups is 5. The first-order valence-electron chi connectivity index (χ1n) is 27.1. The second-order valence-electron chi connectivity index (χ2n) is 23.4. The Kier molecular flexibility index (Phi) is 13.5. The summed E-state index contributed by atoms with van der Waals surface area (Å²) < 4.78 is 9.68. The van der Waals surface area contributed by atoms with Crippen LogP contribution < -0.4 is 16.4 Å². The Morgan fingerprint density at radius 2 is 1.21 bits per heavy atom. The maximum absolute atomic E-state index is 13.4. The Morgan fingerprint density at radius 1 is 0.701 bits per heavy atom. The van der Waals surface area contributed by atoms with Gasteiger partial charge in [-0.05, 0) is 113 Å². The van der Waals surface area contributed by atoms with Gasteiger partial charge >= 0.3 is 5.97 Å². The molecule has 77 heavy (non-hydrogen) atoms. The molecule has 5 atom stereocenters. The van der Waals surface area contributed by atoms with Crippen LogP contribution in [-0.4, -0.2) is 153 Å². The van der Waals surface area contributed by atoms with Crippen molar-refractivity contribution in [3.8, 4) is 0 Å². The molecule has 6 fully saturated rings. The fraction of sp³-hybridized carbons (Fsp3) is 0.518. The average Bonchev–Trinajstić information content (AvgIpc) is 4.08. The van der Waals surface area contributed by atoms with Gasteiger partial charge in [0, 0.05) is 107 Å². The van der Waals surface area contributed by atoms with E-state index in [1.807, 2.05) is 42.7 Å². The highest BCUT2D eigenvalue weighted by Crippen LogP contribution is 2.51. The molecule has 6 aromatic rings. The summed E-state index contributed by atoms with van der Waals surface area (Å²) >= 11 is 0. The maximum Gasteiger partial charge on any atom is 0.308 e. The van der Waals surface area contributed by atoms with Crippen molar-refractivity contribution in [3.05, 3.63) is 83.7 Å². The van der Waals surface area contributed by atoms with Gasteiger partial charge in [0.05, 0.1) is 17.5 Å². The second kappa shape index (κ2) is 20.1. The number of hydrogen-bond donors (Lipinski definition) is 3. The van der Waals surface area contributed by atoms with E-state index in [0.29, 0.717) is 76.9 Å². The Balaban J connectivity index is 0.000000166. The standard InChI is InChI=1S/C31H39N7O4.C25H30N8O2/c1-31(2,3)42-26(39)14-23-22-12-20(22)17-37(23)28(40)18-10-11-25(32-15-18)34-30-33-16-19-13-24(29(41)36(4)5)38(27(19)35-30)21-8-6-7-9-21;1-31(2)23(35)19-9-16-12-28-24(30-21(16)33(19)18-5-3-4-6-18)29-20-8-7-15(11-27-20)22(34)32-13-17-10-25(17,26)14-32/h10-11,13,15-16,20-23H,6-9,12,14,17H2,1-5H3,(H,32,33,34,35);7-9,11-12,17-18H,3-6,10,13-14,26H2,1-2H3,(H,27,28,29,30). The predicted octanol–water partition coefficient (Wildman–Crippen LogP) is 7.14. The molecule has 6 aromatic heterocycles. The van der Waals surface area contributed by atoms with Gasteiger partial charge in [0.1, 0.15) is 39.9 Å². The molecule has 8 heterocycles. The summed E-state index contributed by atoms with van der Waals surface area (Å²) in [5.41, 5.74) is 9.25. The zero-order chi connectivity index (χ0) is 54.1. The largest absolute Gasteiger partial charge is 0.460 e. The molecule has 0 aromatic carbocycles. The Hall–Kier alpha value is -7.55. The molecule has 2 saturated heterocycles. The number of nitrogens with two attached hydrogens (primary N) is 1. The maximum atomic E-state index is 13.4. The first-order valence-corrected chi connectivity index (χ1v) is 27.1. The van der Waals surface area contributed by atoms with Crippen molar-refractivity contribution in [2.24, 2.45) is 23.5 Å². The van der Waals surface area contributed by atoms with Gasteiger partial charge in [-0.2, -0.15) is 9.97 Å². The number of amides is 4. The highest BCUT2D eigenvalue weighted by Gasteiger charge is 2.58. The third-order valence-electron chi connectivity index (χ3n) is 16.1. The molecule has 4 amide bonds. The molecule has 4 saturated carbocycles. The fourth-order valence-corrected chi connectivity index (χ4v) is 12.1. The van der Waals surface area contributed by atoms with E-state index in [-0.39, 0.29) is 59.7 Å². The van der Waals surface area contributed by atoms with E-state index in [1.54, 1.807) is 87.0 Å². The lowest BCUT2D eigenvalue weighted by atomic mass is 10.1. The summed E-state index contributed by atoms with van der Waals surface area (Å²) in [5.74, 6) is 2.54. The van der Waals surface area contributed by atoms with Crippen LogP contribution in [-0.2, 0) is 9.53 Å². The lowest BCUT2D eigenvalue weighted by molar-refractivity contribution is -0.156. The van der Waals surface area contributed by atoms with E-state index < -0.39 is 5.60 Å². The number of aromatic nitrogens is 8. The lowest BCUT2D eigenvalue weighted by Gasteiger charge is -2.28. The second-order valence-corrected chi connectivity index (χ2v) is 23.4. The van der Waals surface area contributed by atoms with Gasteiger partial charge < -0.3 is 49.8 Å². The molecule has 0 radical (unpaired) electrons. The number of likely N-dealkylation sites (tertiary alicyclic amines) is 2. The molecule has 5 unspecified atom stereocenters. The van der Waals surface area contributed by atoms with Crippen LogP contribution in [0.2, 0.25) is 0 Å². The Bertz CT molecular complexity index is 3260. The fourth-order valence-electron chi connectivity index (χ4n) is 12.1. The smallest absolute Gasteiger partial charge is 0.308 e. The molecule has 0 bridgehead atoms. The topological polar surface area (TPSA) is 245 Å². The molecule has 12 rings (SSSR count). The van der Waals surface area contributed by atoms with Crippen LogP contribution in [0.25, 0.3) is 22.1 Å². The number of nitrogens with one attached hydrogen (secondary N) is 2. The van der Waals surface area contributed by atoms with Crippen molar-refractivity contribution >= 4 is 75.2 Å². The summed E-state index contributed by atoms with van der Waals surface area (Å²) in [5, 5.41) is 7.95. The third kappa shape index (κ3) is 10.5. The summed E-state index contributed by atoms with van der Waals surface area (Å²) in [6.45, 7) is 7.55. The molecule has 21 nitrogen and oxygen atoms in total. The van der Waals surface area contributed by atoms with E-state index >= 15 is 0 Å². The number of piperidine rings is 2. The van der Waals surface area contributed by atoms with Crippen molar-refractivity contribution in [3.63, 3.8) is 0 Å². The highest BCUT2D eigenvalue weighted by atomic mass is 16.6. The monoisotopic (exact) mass is 1050 g/mol. The van der Waals surface area contributed by atoms with Crippen LogP contribution in [0, 0.1) is 17.8 Å². The van der Waals surface area contributed by atoms with Gasteiger partial charge in [-0.1, -0.05) is 25.7 Å². The molecule has 4 aliphatic carbocycles. The minimum atomic E-state index is -0.556. The number of anilines is 4. The number of hydrogen-bond acceptors (Lipinski definition) is 15. The molecule has 2 aliphatic heterocycles. The molecule has 0 spiro atoms. The molecule has 6 aliphatic rings. The summed E-state index contributed by atoms with van der Waals surface area (Å²) in [6.07, 6.45) is 17.5. The van der Waals surface area contributed by atoms with Gasteiger partial charge in [-0.3, -0.25) is 24.0 Å². The average molecular weight is 1050 g/mol. The quantitative estimate of drug-likeness (QED) is 0.103. The molecule has 404 valence electrons. The molecule has 21 heteroatoms. The number of esters is 1. The van der Waals surface area contributed by atoms with Crippen molar-refractivity contribution in [1.82, 2.24) is 58.6 Å². The van der Waals surface area contributed by atoms with Gasteiger partial charge in [-0.25, -0.2) is 19.9 Å². The van der Waals surface area contributed by atoms with Crippen LogP contribution in [0.1, 0.15) is 145 Å². The summed E-state index contributed by atoms with van der Waals surface area (Å²) in [7, 11) is 7.03. The number of carbonyl (C=O) groups excluding carboxylic acids is 5. The highest BCUT2D eigenvalue weighted by molar-refractivity contribution is 5.99. The Labute approximate surface area is 447 Å². The minimum Gasteiger partial charge on any atom is -0.460 e. The van der Waals surface area contributed by atoms with Crippen molar-refractivity contribution in [1.29, 1.82) is 0 Å². The zero-order valence-electron chi connectivity index (χ0n) is 45.0. The number of ether oxygens (including phenoxy) is 1. The first kappa shape index (κ1) is 51.6. The van der Waals surface area contributed by atoms with Crippen molar-refractivity contribution < 1.29 is 28.7 Å². The van der Waals surface area contributed by atoms with E-state index in [4.69, 9.17) is 20.4 Å². The van der Waals surface area contributed by atoms with Crippen LogP contribution in [0.15, 0.2) is 61.2 Å². The van der Waals surface area contributed by atoms with Crippen molar-refractivity contribution in [2.45, 2.75) is 121 Å². The number of pyridine rings is 2.